The molecule has 1 saturated heterocycles. The fourth-order valence-corrected chi connectivity index (χ4v) is 3.03. The topological polar surface area (TPSA) is 52.6 Å². The molecule has 1 amide bonds. The highest BCUT2D eigenvalue weighted by Gasteiger charge is 2.38. The Bertz CT molecular complexity index is 469. The van der Waals surface area contributed by atoms with Crippen LogP contribution in [0.1, 0.15) is 38.7 Å². The highest BCUT2D eigenvalue weighted by Crippen LogP contribution is 2.29. The van der Waals surface area contributed by atoms with Crippen molar-refractivity contribution in [1.82, 2.24) is 10.2 Å². The molecular formula is C18H28N2O2. The average Bonchev–Trinajstić information content (AvgIpc) is 2.55. The van der Waals surface area contributed by atoms with E-state index < -0.39 is 6.10 Å². The van der Waals surface area contributed by atoms with Gasteiger partial charge in [0.2, 0.25) is 5.91 Å². The van der Waals surface area contributed by atoms with Crippen molar-refractivity contribution in [3.8, 4) is 0 Å². The summed E-state index contributed by atoms with van der Waals surface area (Å²) in [4.78, 5) is 14.9. The molecule has 0 spiro atoms. The summed E-state index contributed by atoms with van der Waals surface area (Å²) in [6.07, 6.45) is 2.13. The maximum atomic E-state index is 13.1. The second-order valence-electron chi connectivity index (χ2n) is 6.57. The lowest BCUT2D eigenvalue weighted by Crippen LogP contribution is -2.51. The van der Waals surface area contributed by atoms with Crippen molar-refractivity contribution >= 4 is 5.91 Å². The van der Waals surface area contributed by atoms with Gasteiger partial charge in [0.15, 0.2) is 0 Å². The molecule has 122 valence electrons. The number of amides is 1. The third-order valence-electron chi connectivity index (χ3n) is 4.52. The SMILES string of the molecule is CC[C@H](O)CN(Cc1ccccc1)C(=O)[C@]1(C)CCCNC1. The van der Waals surface area contributed by atoms with Crippen molar-refractivity contribution in [3.05, 3.63) is 35.9 Å². The summed E-state index contributed by atoms with van der Waals surface area (Å²) in [6, 6.07) is 10.00. The minimum absolute atomic E-state index is 0.149. The van der Waals surface area contributed by atoms with Crippen molar-refractivity contribution in [2.75, 3.05) is 19.6 Å². The van der Waals surface area contributed by atoms with E-state index in [1.54, 1.807) is 0 Å². The quantitative estimate of drug-likeness (QED) is 0.847. The number of benzene rings is 1. The van der Waals surface area contributed by atoms with Gasteiger partial charge < -0.3 is 15.3 Å². The van der Waals surface area contributed by atoms with Gasteiger partial charge in [0.25, 0.3) is 0 Å². The zero-order valence-corrected chi connectivity index (χ0v) is 13.7. The van der Waals surface area contributed by atoms with Crippen LogP contribution in [0.5, 0.6) is 0 Å². The van der Waals surface area contributed by atoms with Gasteiger partial charge in [0, 0.05) is 19.6 Å². The monoisotopic (exact) mass is 304 g/mol. The summed E-state index contributed by atoms with van der Waals surface area (Å²) in [6.45, 7) is 6.65. The largest absolute Gasteiger partial charge is 0.391 e. The predicted molar refractivity (Wildman–Crippen MR) is 88.4 cm³/mol. The van der Waals surface area contributed by atoms with Crippen LogP contribution < -0.4 is 5.32 Å². The van der Waals surface area contributed by atoms with Crippen LogP contribution in [0.4, 0.5) is 0 Å². The van der Waals surface area contributed by atoms with Crippen molar-refractivity contribution in [2.45, 2.75) is 45.8 Å². The third-order valence-corrected chi connectivity index (χ3v) is 4.52. The number of carbonyl (C=O) groups excluding carboxylic acids is 1. The summed E-state index contributed by atoms with van der Waals surface area (Å²) < 4.78 is 0. The first-order valence-electron chi connectivity index (χ1n) is 8.27. The normalized spacial score (nSPS) is 23.0. The Kier molecular flexibility index (Phi) is 5.98. The molecule has 0 unspecified atom stereocenters. The van der Waals surface area contributed by atoms with Gasteiger partial charge in [-0.05, 0) is 38.3 Å². The Morgan fingerprint density at radius 1 is 1.41 bits per heavy atom. The number of rotatable bonds is 6. The molecular weight excluding hydrogens is 276 g/mol. The minimum atomic E-state index is -0.465. The zero-order chi connectivity index (χ0) is 16.0. The summed E-state index contributed by atoms with van der Waals surface area (Å²) in [5, 5.41) is 13.4. The number of nitrogens with zero attached hydrogens (tertiary/aromatic N) is 1. The van der Waals surface area contributed by atoms with E-state index in [4.69, 9.17) is 0 Å². The van der Waals surface area contributed by atoms with Gasteiger partial charge in [-0.2, -0.15) is 0 Å². The minimum Gasteiger partial charge on any atom is -0.391 e. The molecule has 1 aromatic carbocycles. The van der Waals surface area contributed by atoms with Crippen LogP contribution in [0.15, 0.2) is 30.3 Å². The molecule has 4 nitrogen and oxygen atoms in total. The Balaban J connectivity index is 2.13. The number of hydrogen-bond acceptors (Lipinski definition) is 3. The van der Waals surface area contributed by atoms with Crippen LogP contribution in [-0.4, -0.2) is 41.7 Å². The molecule has 1 fully saturated rings. The van der Waals surface area contributed by atoms with Crippen molar-refractivity contribution in [1.29, 1.82) is 0 Å². The van der Waals surface area contributed by atoms with Gasteiger partial charge in [-0.25, -0.2) is 0 Å². The van der Waals surface area contributed by atoms with E-state index in [0.717, 1.165) is 31.5 Å². The van der Waals surface area contributed by atoms with Crippen LogP contribution in [-0.2, 0) is 11.3 Å². The van der Waals surface area contributed by atoms with Crippen molar-refractivity contribution in [3.63, 3.8) is 0 Å². The Labute approximate surface area is 133 Å². The van der Waals surface area contributed by atoms with E-state index in [0.29, 0.717) is 19.5 Å². The number of nitrogens with one attached hydrogen (secondary N) is 1. The number of piperidine rings is 1. The number of carbonyl (C=O) groups is 1. The Morgan fingerprint density at radius 2 is 2.14 bits per heavy atom. The van der Waals surface area contributed by atoms with E-state index in [1.807, 2.05) is 49.1 Å². The lowest BCUT2D eigenvalue weighted by Gasteiger charge is -2.38. The van der Waals surface area contributed by atoms with Gasteiger partial charge in [0.1, 0.15) is 0 Å². The first-order valence-corrected chi connectivity index (χ1v) is 8.27. The smallest absolute Gasteiger partial charge is 0.230 e. The van der Waals surface area contributed by atoms with Crippen molar-refractivity contribution in [2.24, 2.45) is 5.41 Å². The molecule has 2 N–H and O–H groups in total. The van der Waals surface area contributed by atoms with Crippen LogP contribution in [0.25, 0.3) is 0 Å². The summed E-state index contributed by atoms with van der Waals surface area (Å²) in [5.74, 6) is 0.149. The second kappa shape index (κ2) is 7.75. The van der Waals surface area contributed by atoms with Crippen LogP contribution in [0.2, 0.25) is 0 Å². The molecule has 2 atom stereocenters. The molecule has 4 heteroatoms. The molecule has 0 aromatic heterocycles. The molecule has 2 rings (SSSR count). The van der Waals surface area contributed by atoms with E-state index in [2.05, 4.69) is 5.32 Å². The van der Waals surface area contributed by atoms with E-state index in [9.17, 15) is 9.90 Å². The molecule has 1 aliphatic rings. The number of aliphatic hydroxyl groups excluding tert-OH is 1. The molecule has 1 aromatic rings. The lowest BCUT2D eigenvalue weighted by atomic mass is 9.81. The fourth-order valence-electron chi connectivity index (χ4n) is 3.03. The standard InChI is InChI=1S/C18H28N2O2/c1-3-16(21)13-20(12-15-8-5-4-6-9-15)17(22)18(2)10-7-11-19-14-18/h4-6,8-9,16,19,21H,3,7,10-14H2,1-2H3/t16-,18+/m0/s1. The number of aliphatic hydroxyl groups is 1. The maximum Gasteiger partial charge on any atom is 0.230 e. The molecule has 0 radical (unpaired) electrons. The van der Waals surface area contributed by atoms with Gasteiger partial charge >= 0.3 is 0 Å². The number of hydrogen-bond donors (Lipinski definition) is 2. The molecule has 22 heavy (non-hydrogen) atoms. The average molecular weight is 304 g/mol. The second-order valence-corrected chi connectivity index (χ2v) is 6.57. The van der Waals surface area contributed by atoms with Crippen LogP contribution in [0.3, 0.4) is 0 Å². The molecule has 0 saturated carbocycles. The molecule has 1 aliphatic heterocycles. The van der Waals surface area contributed by atoms with E-state index in [-0.39, 0.29) is 11.3 Å². The lowest BCUT2D eigenvalue weighted by molar-refractivity contribution is -0.144. The van der Waals surface area contributed by atoms with E-state index in [1.165, 1.54) is 0 Å². The summed E-state index contributed by atoms with van der Waals surface area (Å²) >= 11 is 0. The zero-order valence-electron chi connectivity index (χ0n) is 13.7. The highest BCUT2D eigenvalue weighted by atomic mass is 16.3. The van der Waals surface area contributed by atoms with Crippen LogP contribution in [0, 0.1) is 5.41 Å². The first-order chi connectivity index (χ1) is 10.5. The van der Waals surface area contributed by atoms with E-state index >= 15 is 0 Å². The highest BCUT2D eigenvalue weighted by molar-refractivity contribution is 5.82. The summed E-state index contributed by atoms with van der Waals surface area (Å²) in [5.41, 5.74) is 0.743. The first kappa shape index (κ1) is 17.0. The summed E-state index contributed by atoms with van der Waals surface area (Å²) in [7, 11) is 0. The Hall–Kier alpha value is -1.39. The predicted octanol–water partition coefficient (Wildman–Crippen LogP) is 2.18. The van der Waals surface area contributed by atoms with Crippen molar-refractivity contribution < 1.29 is 9.90 Å². The maximum absolute atomic E-state index is 13.1. The van der Waals surface area contributed by atoms with Crippen LogP contribution >= 0.6 is 0 Å². The Morgan fingerprint density at radius 3 is 2.73 bits per heavy atom. The van der Waals surface area contributed by atoms with Gasteiger partial charge in [-0.3, -0.25) is 4.79 Å². The molecule has 0 bridgehead atoms. The molecule has 0 aliphatic carbocycles. The van der Waals surface area contributed by atoms with Gasteiger partial charge in [0.05, 0.1) is 11.5 Å². The van der Waals surface area contributed by atoms with Gasteiger partial charge in [-0.1, -0.05) is 37.3 Å². The third kappa shape index (κ3) is 4.31. The fraction of sp³-hybridized carbons (Fsp3) is 0.611. The van der Waals surface area contributed by atoms with Gasteiger partial charge in [-0.15, -0.1) is 0 Å². The molecule has 1 heterocycles.